The number of carbonyl (C=O) groups is 1. The molecule has 126 valence electrons. The highest BCUT2D eigenvalue weighted by Gasteiger charge is 2.24. The van der Waals surface area contributed by atoms with Gasteiger partial charge in [-0.1, -0.05) is 12.1 Å². The minimum Gasteiger partial charge on any atom is -0.366 e. The number of anilines is 1. The van der Waals surface area contributed by atoms with Crippen molar-refractivity contribution in [3.63, 3.8) is 0 Å². The lowest BCUT2D eigenvalue weighted by atomic mass is 10.0. The Labute approximate surface area is 142 Å². The Morgan fingerprint density at radius 2 is 2.25 bits per heavy atom. The highest BCUT2D eigenvalue weighted by molar-refractivity contribution is 5.92. The summed E-state index contributed by atoms with van der Waals surface area (Å²) < 4.78 is 0. The number of primary amides is 1. The summed E-state index contributed by atoms with van der Waals surface area (Å²) >= 11 is 0. The molecule has 1 unspecified atom stereocenters. The fraction of sp³-hybridized carbons (Fsp3) is 0.389. The molecule has 6 nitrogen and oxygen atoms in total. The third kappa shape index (κ3) is 3.89. The van der Waals surface area contributed by atoms with Crippen LogP contribution in [-0.4, -0.2) is 47.2 Å². The van der Waals surface area contributed by atoms with Crippen molar-refractivity contribution < 1.29 is 4.79 Å². The second-order valence-electron chi connectivity index (χ2n) is 6.30. The molecular formula is C18H23N5O. The van der Waals surface area contributed by atoms with Gasteiger partial charge in [-0.25, -0.2) is 0 Å². The normalized spacial score (nSPS) is 17.9. The Hall–Kier alpha value is -2.47. The van der Waals surface area contributed by atoms with Crippen LogP contribution in [0, 0.1) is 0 Å². The van der Waals surface area contributed by atoms with Crippen LogP contribution >= 0.6 is 0 Å². The number of nitrogens with two attached hydrogens (primary N) is 1. The molecular weight excluding hydrogens is 302 g/mol. The van der Waals surface area contributed by atoms with Gasteiger partial charge in [-0.3, -0.25) is 9.69 Å². The zero-order valence-corrected chi connectivity index (χ0v) is 13.9. The number of likely N-dealkylation sites (N-methyl/N-ethyl adjacent to an activating group) is 1. The first-order valence-corrected chi connectivity index (χ1v) is 8.25. The number of rotatable bonds is 5. The Morgan fingerprint density at radius 1 is 1.38 bits per heavy atom. The molecule has 0 bridgehead atoms. The van der Waals surface area contributed by atoms with E-state index in [1.165, 1.54) is 0 Å². The van der Waals surface area contributed by atoms with Gasteiger partial charge < -0.3 is 10.6 Å². The van der Waals surface area contributed by atoms with E-state index in [0.29, 0.717) is 11.6 Å². The van der Waals surface area contributed by atoms with Crippen molar-refractivity contribution in [2.45, 2.75) is 25.4 Å². The van der Waals surface area contributed by atoms with E-state index < -0.39 is 0 Å². The predicted octanol–water partition coefficient (Wildman–Crippen LogP) is 1.68. The summed E-state index contributed by atoms with van der Waals surface area (Å²) in [5.41, 5.74) is 7.03. The monoisotopic (exact) mass is 325 g/mol. The van der Waals surface area contributed by atoms with Crippen molar-refractivity contribution in [1.29, 1.82) is 0 Å². The van der Waals surface area contributed by atoms with Gasteiger partial charge >= 0.3 is 0 Å². The lowest BCUT2D eigenvalue weighted by molar-refractivity contribution is 0.1000. The summed E-state index contributed by atoms with van der Waals surface area (Å²) in [7, 11) is 2.13. The summed E-state index contributed by atoms with van der Waals surface area (Å²) in [5, 5.41) is 8.19. The fourth-order valence-electron chi connectivity index (χ4n) is 3.22. The minimum absolute atomic E-state index is 0.383. The van der Waals surface area contributed by atoms with Gasteiger partial charge in [0, 0.05) is 37.4 Å². The molecule has 0 spiro atoms. The second kappa shape index (κ2) is 7.40. The third-order valence-corrected chi connectivity index (χ3v) is 4.55. The van der Waals surface area contributed by atoms with Crippen LogP contribution in [0.2, 0.25) is 0 Å². The maximum atomic E-state index is 11.3. The molecule has 1 amide bonds. The molecule has 1 aliphatic rings. The molecule has 1 aromatic carbocycles. The van der Waals surface area contributed by atoms with E-state index in [2.05, 4.69) is 27.0 Å². The summed E-state index contributed by atoms with van der Waals surface area (Å²) in [4.78, 5) is 16.0. The summed E-state index contributed by atoms with van der Waals surface area (Å²) in [5.74, 6) is 0.553. The Kier molecular flexibility index (Phi) is 5.05. The average Bonchev–Trinajstić information content (AvgIpc) is 2.63. The van der Waals surface area contributed by atoms with Crippen molar-refractivity contribution in [3.8, 4) is 0 Å². The number of hydrogen-bond acceptors (Lipinski definition) is 5. The van der Waals surface area contributed by atoms with Crippen LogP contribution in [0.1, 0.15) is 28.8 Å². The molecule has 2 N–H and O–H groups in total. The highest BCUT2D eigenvalue weighted by atomic mass is 16.1. The predicted molar refractivity (Wildman–Crippen MR) is 93.7 cm³/mol. The molecule has 1 aliphatic heterocycles. The lowest BCUT2D eigenvalue weighted by Gasteiger charge is -2.38. The SMILES string of the molecule is CN(Cc1cccc(C(N)=O)c1)C1CCCN(c2cccnn2)C1. The molecule has 24 heavy (non-hydrogen) atoms. The second-order valence-corrected chi connectivity index (χ2v) is 6.30. The molecule has 0 aliphatic carbocycles. The van der Waals surface area contributed by atoms with Crippen LogP contribution in [0.3, 0.4) is 0 Å². The van der Waals surface area contributed by atoms with Crippen LogP contribution in [0.25, 0.3) is 0 Å². The number of hydrogen-bond donors (Lipinski definition) is 1. The molecule has 1 atom stereocenters. The Bertz CT molecular complexity index is 691. The quantitative estimate of drug-likeness (QED) is 0.905. The first-order valence-electron chi connectivity index (χ1n) is 8.25. The van der Waals surface area contributed by atoms with E-state index in [1.807, 2.05) is 30.3 Å². The minimum atomic E-state index is -0.383. The molecule has 1 saturated heterocycles. The number of aromatic nitrogens is 2. The zero-order valence-electron chi connectivity index (χ0n) is 13.9. The topological polar surface area (TPSA) is 75.3 Å². The van der Waals surface area contributed by atoms with Crippen molar-refractivity contribution in [2.24, 2.45) is 5.73 Å². The van der Waals surface area contributed by atoms with Gasteiger partial charge in [-0.2, -0.15) is 5.10 Å². The van der Waals surface area contributed by atoms with E-state index in [1.54, 1.807) is 12.3 Å². The van der Waals surface area contributed by atoms with Gasteiger partial charge in [0.25, 0.3) is 0 Å². The number of nitrogens with zero attached hydrogens (tertiary/aromatic N) is 4. The van der Waals surface area contributed by atoms with E-state index in [4.69, 9.17) is 5.73 Å². The molecule has 6 heteroatoms. The van der Waals surface area contributed by atoms with Crippen LogP contribution in [0.5, 0.6) is 0 Å². The Morgan fingerprint density at radius 3 is 3.00 bits per heavy atom. The standard InChI is InChI=1S/C18H23N5O/c1-22(12-14-5-2-6-15(11-14)18(19)24)16-7-4-10-23(13-16)17-8-3-9-20-21-17/h2-3,5-6,8-9,11,16H,4,7,10,12-13H2,1H3,(H2,19,24). The first kappa shape index (κ1) is 16.4. The smallest absolute Gasteiger partial charge is 0.248 e. The number of piperidine rings is 1. The molecule has 2 aromatic rings. The largest absolute Gasteiger partial charge is 0.366 e. The fourth-order valence-corrected chi connectivity index (χ4v) is 3.22. The number of carbonyl (C=O) groups excluding carboxylic acids is 1. The summed E-state index contributed by atoms with van der Waals surface area (Å²) in [6.07, 6.45) is 3.98. The van der Waals surface area contributed by atoms with Crippen molar-refractivity contribution >= 4 is 11.7 Å². The van der Waals surface area contributed by atoms with Gasteiger partial charge in [0.1, 0.15) is 0 Å². The van der Waals surface area contributed by atoms with E-state index in [9.17, 15) is 4.79 Å². The van der Waals surface area contributed by atoms with Crippen molar-refractivity contribution in [2.75, 3.05) is 25.0 Å². The number of benzene rings is 1. The molecule has 2 heterocycles. The maximum Gasteiger partial charge on any atom is 0.248 e. The van der Waals surface area contributed by atoms with Crippen molar-refractivity contribution in [3.05, 3.63) is 53.7 Å². The van der Waals surface area contributed by atoms with Crippen LogP contribution in [0.4, 0.5) is 5.82 Å². The van der Waals surface area contributed by atoms with E-state index in [0.717, 1.165) is 43.9 Å². The lowest BCUT2D eigenvalue weighted by Crippen LogP contribution is -2.46. The van der Waals surface area contributed by atoms with Crippen LogP contribution in [0.15, 0.2) is 42.6 Å². The molecule has 0 saturated carbocycles. The maximum absolute atomic E-state index is 11.3. The average molecular weight is 325 g/mol. The third-order valence-electron chi connectivity index (χ3n) is 4.55. The molecule has 1 aromatic heterocycles. The van der Waals surface area contributed by atoms with Crippen LogP contribution in [-0.2, 0) is 6.54 Å². The Balaban J connectivity index is 1.65. The van der Waals surface area contributed by atoms with Crippen LogP contribution < -0.4 is 10.6 Å². The van der Waals surface area contributed by atoms with E-state index >= 15 is 0 Å². The molecule has 0 radical (unpaired) electrons. The highest BCUT2D eigenvalue weighted by Crippen LogP contribution is 2.21. The number of amides is 1. The van der Waals surface area contributed by atoms with Gasteiger partial charge in [0.05, 0.1) is 0 Å². The van der Waals surface area contributed by atoms with E-state index in [-0.39, 0.29) is 5.91 Å². The van der Waals surface area contributed by atoms with Gasteiger partial charge in [-0.05, 0) is 49.7 Å². The van der Waals surface area contributed by atoms with Gasteiger partial charge in [-0.15, -0.1) is 5.10 Å². The van der Waals surface area contributed by atoms with Gasteiger partial charge in [0.15, 0.2) is 5.82 Å². The first-order chi connectivity index (χ1) is 11.6. The van der Waals surface area contributed by atoms with Gasteiger partial charge in [0.2, 0.25) is 5.91 Å². The zero-order chi connectivity index (χ0) is 16.9. The summed E-state index contributed by atoms with van der Waals surface area (Å²) in [6, 6.07) is 11.9. The molecule has 3 rings (SSSR count). The molecule has 1 fully saturated rings. The summed E-state index contributed by atoms with van der Waals surface area (Å²) in [6.45, 7) is 2.74. The van der Waals surface area contributed by atoms with Crippen molar-refractivity contribution in [1.82, 2.24) is 15.1 Å².